The molecule has 1 aliphatic carbocycles. The van der Waals surface area contributed by atoms with Crippen molar-refractivity contribution < 1.29 is 19.5 Å². The zero-order chi connectivity index (χ0) is 18.4. The van der Waals surface area contributed by atoms with Crippen molar-refractivity contribution in [3.63, 3.8) is 0 Å². The maximum Gasteiger partial charge on any atom is 0.306 e. The minimum absolute atomic E-state index is 0.164. The summed E-state index contributed by atoms with van der Waals surface area (Å²) in [4.78, 5) is 37.7. The van der Waals surface area contributed by atoms with Crippen molar-refractivity contribution in [3.8, 4) is 0 Å². The predicted octanol–water partition coefficient (Wildman–Crippen LogP) is 1.69. The molecule has 0 spiro atoms. The van der Waals surface area contributed by atoms with Gasteiger partial charge in [0.25, 0.3) is 0 Å². The van der Waals surface area contributed by atoms with Crippen LogP contribution in [0.2, 0.25) is 0 Å². The van der Waals surface area contributed by atoms with Crippen LogP contribution < -0.4 is 5.32 Å². The minimum Gasteiger partial charge on any atom is -0.481 e. The van der Waals surface area contributed by atoms with Gasteiger partial charge in [-0.1, -0.05) is 36.8 Å². The van der Waals surface area contributed by atoms with Crippen LogP contribution in [0.25, 0.3) is 0 Å². The lowest BCUT2D eigenvalue weighted by molar-refractivity contribution is -0.144. The van der Waals surface area contributed by atoms with Crippen LogP contribution in [-0.2, 0) is 20.8 Å². The minimum atomic E-state index is -0.845. The molecule has 0 aromatic heterocycles. The van der Waals surface area contributed by atoms with Gasteiger partial charge in [0, 0.05) is 26.4 Å². The second-order valence-corrected chi connectivity index (χ2v) is 6.88. The highest BCUT2D eigenvalue weighted by molar-refractivity contribution is 5.88. The number of hydrogen-bond acceptors (Lipinski definition) is 3. The quantitative estimate of drug-likeness (QED) is 0.821. The second-order valence-electron chi connectivity index (χ2n) is 6.88. The van der Waals surface area contributed by atoms with Crippen LogP contribution in [0.4, 0.5) is 0 Å². The number of likely N-dealkylation sites (N-methyl/N-ethyl adjacent to an activating group) is 1. The second kappa shape index (κ2) is 8.65. The molecule has 25 heavy (non-hydrogen) atoms. The van der Waals surface area contributed by atoms with Crippen LogP contribution in [0.1, 0.15) is 31.2 Å². The summed E-state index contributed by atoms with van der Waals surface area (Å²) in [5.41, 5.74) is 0.968. The SMILES string of the molecule is CN(C)C(=O)C(Cc1ccccc1)NC(=O)C1CCCC(C(=O)O)C1. The van der Waals surface area contributed by atoms with Crippen LogP contribution in [0.5, 0.6) is 0 Å². The number of hydrogen-bond donors (Lipinski definition) is 2. The van der Waals surface area contributed by atoms with Crippen molar-refractivity contribution >= 4 is 17.8 Å². The molecule has 136 valence electrons. The Morgan fingerprint density at radius 2 is 1.80 bits per heavy atom. The van der Waals surface area contributed by atoms with E-state index < -0.39 is 17.9 Å². The normalized spacial score (nSPS) is 21.2. The Labute approximate surface area is 148 Å². The van der Waals surface area contributed by atoms with E-state index in [0.29, 0.717) is 25.7 Å². The molecule has 3 unspecified atom stereocenters. The Bertz CT molecular complexity index is 615. The zero-order valence-corrected chi connectivity index (χ0v) is 14.8. The predicted molar refractivity (Wildman–Crippen MR) is 93.9 cm³/mol. The summed E-state index contributed by atoms with van der Waals surface area (Å²) in [6.07, 6.45) is 2.76. The van der Waals surface area contributed by atoms with Crippen molar-refractivity contribution in [3.05, 3.63) is 35.9 Å². The fourth-order valence-corrected chi connectivity index (χ4v) is 3.30. The molecule has 1 aromatic rings. The zero-order valence-electron chi connectivity index (χ0n) is 14.8. The van der Waals surface area contributed by atoms with E-state index in [4.69, 9.17) is 0 Å². The molecular formula is C19H26N2O4. The molecule has 0 heterocycles. The molecule has 2 rings (SSSR count). The number of benzene rings is 1. The van der Waals surface area contributed by atoms with E-state index in [-0.39, 0.29) is 17.7 Å². The number of carbonyl (C=O) groups excluding carboxylic acids is 2. The standard InChI is InChI=1S/C19H26N2O4/c1-21(2)18(23)16(11-13-7-4-3-5-8-13)20-17(22)14-9-6-10-15(12-14)19(24)25/h3-5,7-8,14-16H,6,9-12H2,1-2H3,(H,20,22)(H,24,25). The lowest BCUT2D eigenvalue weighted by Gasteiger charge is -2.28. The molecular weight excluding hydrogens is 320 g/mol. The number of amides is 2. The molecule has 1 fully saturated rings. The van der Waals surface area contributed by atoms with Crippen LogP contribution >= 0.6 is 0 Å². The molecule has 0 bridgehead atoms. The molecule has 0 saturated heterocycles. The van der Waals surface area contributed by atoms with Gasteiger partial charge in [0.2, 0.25) is 11.8 Å². The first-order chi connectivity index (χ1) is 11.9. The van der Waals surface area contributed by atoms with Crippen LogP contribution in [-0.4, -0.2) is 47.9 Å². The topological polar surface area (TPSA) is 86.7 Å². The van der Waals surface area contributed by atoms with Crippen LogP contribution in [0, 0.1) is 11.8 Å². The van der Waals surface area contributed by atoms with Gasteiger partial charge in [-0.2, -0.15) is 0 Å². The van der Waals surface area contributed by atoms with Crippen LogP contribution in [0.3, 0.4) is 0 Å². The van der Waals surface area contributed by atoms with Gasteiger partial charge in [-0.3, -0.25) is 14.4 Å². The van der Waals surface area contributed by atoms with Gasteiger partial charge in [-0.05, 0) is 24.8 Å². The average molecular weight is 346 g/mol. The molecule has 2 N–H and O–H groups in total. The molecule has 2 amide bonds. The van der Waals surface area contributed by atoms with Gasteiger partial charge in [0.1, 0.15) is 6.04 Å². The van der Waals surface area contributed by atoms with E-state index in [9.17, 15) is 19.5 Å². The van der Waals surface area contributed by atoms with Gasteiger partial charge in [0.15, 0.2) is 0 Å². The van der Waals surface area contributed by atoms with Gasteiger partial charge in [-0.15, -0.1) is 0 Å². The number of carboxylic acids is 1. The Morgan fingerprint density at radius 3 is 2.40 bits per heavy atom. The summed E-state index contributed by atoms with van der Waals surface area (Å²) in [5, 5.41) is 12.0. The molecule has 6 heteroatoms. The molecule has 1 saturated carbocycles. The third-order valence-corrected chi connectivity index (χ3v) is 4.73. The highest BCUT2D eigenvalue weighted by Gasteiger charge is 2.33. The summed E-state index contributed by atoms with van der Waals surface area (Å²) >= 11 is 0. The molecule has 1 aliphatic rings. The smallest absolute Gasteiger partial charge is 0.306 e. The highest BCUT2D eigenvalue weighted by atomic mass is 16.4. The first-order valence-electron chi connectivity index (χ1n) is 8.66. The number of aliphatic carboxylic acids is 1. The Morgan fingerprint density at radius 1 is 1.16 bits per heavy atom. The first-order valence-corrected chi connectivity index (χ1v) is 8.66. The monoisotopic (exact) mass is 346 g/mol. The van der Waals surface area contributed by atoms with Crippen molar-refractivity contribution in [2.75, 3.05) is 14.1 Å². The van der Waals surface area contributed by atoms with Crippen molar-refractivity contribution in [2.24, 2.45) is 11.8 Å². The molecule has 3 atom stereocenters. The van der Waals surface area contributed by atoms with E-state index in [1.54, 1.807) is 14.1 Å². The molecule has 0 radical (unpaired) electrons. The maximum absolute atomic E-state index is 12.6. The number of rotatable bonds is 6. The first kappa shape index (κ1) is 19.0. The summed E-state index contributed by atoms with van der Waals surface area (Å²) in [7, 11) is 3.32. The summed E-state index contributed by atoms with van der Waals surface area (Å²) in [5.74, 6) is -2.04. The van der Waals surface area contributed by atoms with Crippen LogP contribution in [0.15, 0.2) is 30.3 Å². The third-order valence-electron chi connectivity index (χ3n) is 4.73. The van der Waals surface area contributed by atoms with E-state index in [0.717, 1.165) is 12.0 Å². The lowest BCUT2D eigenvalue weighted by atomic mass is 9.81. The van der Waals surface area contributed by atoms with Crippen molar-refractivity contribution in [2.45, 2.75) is 38.1 Å². The Kier molecular flexibility index (Phi) is 6.56. The Hall–Kier alpha value is -2.37. The van der Waals surface area contributed by atoms with E-state index >= 15 is 0 Å². The third kappa shape index (κ3) is 5.31. The number of carboxylic acid groups (broad SMARTS) is 1. The van der Waals surface area contributed by atoms with Crippen molar-refractivity contribution in [1.82, 2.24) is 10.2 Å². The van der Waals surface area contributed by atoms with E-state index in [1.165, 1.54) is 4.90 Å². The fraction of sp³-hybridized carbons (Fsp3) is 0.526. The molecule has 6 nitrogen and oxygen atoms in total. The summed E-state index contributed by atoms with van der Waals surface area (Å²) < 4.78 is 0. The van der Waals surface area contributed by atoms with Gasteiger partial charge in [0.05, 0.1) is 5.92 Å². The number of nitrogens with zero attached hydrogens (tertiary/aromatic N) is 1. The Balaban J connectivity index is 2.06. The average Bonchev–Trinajstić information content (AvgIpc) is 2.61. The fourth-order valence-electron chi connectivity index (χ4n) is 3.30. The number of nitrogens with one attached hydrogen (secondary N) is 1. The maximum atomic E-state index is 12.6. The van der Waals surface area contributed by atoms with Gasteiger partial charge >= 0.3 is 5.97 Å². The van der Waals surface area contributed by atoms with Gasteiger partial charge in [-0.25, -0.2) is 0 Å². The van der Waals surface area contributed by atoms with Crippen molar-refractivity contribution in [1.29, 1.82) is 0 Å². The van der Waals surface area contributed by atoms with E-state index in [2.05, 4.69) is 5.32 Å². The summed E-state index contributed by atoms with van der Waals surface area (Å²) in [6, 6.07) is 8.89. The highest BCUT2D eigenvalue weighted by Crippen LogP contribution is 2.29. The number of carbonyl (C=O) groups is 3. The molecule has 1 aromatic carbocycles. The summed E-state index contributed by atoms with van der Waals surface area (Å²) in [6.45, 7) is 0. The molecule has 0 aliphatic heterocycles. The lowest BCUT2D eigenvalue weighted by Crippen LogP contribution is -2.49. The van der Waals surface area contributed by atoms with Gasteiger partial charge < -0.3 is 15.3 Å². The van der Waals surface area contributed by atoms with E-state index in [1.807, 2.05) is 30.3 Å². The largest absolute Gasteiger partial charge is 0.481 e.